The highest BCUT2D eigenvalue weighted by molar-refractivity contribution is 5.94. The highest BCUT2D eigenvalue weighted by atomic mass is 16.5. The fourth-order valence-corrected chi connectivity index (χ4v) is 3.35. The number of aliphatic hydroxyl groups is 1. The van der Waals surface area contributed by atoms with E-state index in [9.17, 15) is 9.90 Å². The molecule has 1 atom stereocenters. The van der Waals surface area contributed by atoms with E-state index in [4.69, 9.17) is 9.47 Å². The third-order valence-electron chi connectivity index (χ3n) is 4.84. The third-order valence-corrected chi connectivity index (χ3v) is 4.84. The summed E-state index contributed by atoms with van der Waals surface area (Å²) in [6.07, 6.45) is 3.17. The summed E-state index contributed by atoms with van der Waals surface area (Å²) in [5.41, 5.74) is 3.22. The number of aromatic amines is 1. The predicted octanol–water partition coefficient (Wildman–Crippen LogP) is 2.11. The molecule has 0 fully saturated rings. The van der Waals surface area contributed by atoms with Crippen LogP contribution in [0.25, 0.3) is 0 Å². The molecule has 0 saturated carbocycles. The monoisotopic (exact) mass is 359 g/mol. The number of aliphatic hydroxyl groups excluding tert-OH is 1. The molecule has 1 heterocycles. The molecule has 2 N–H and O–H groups in total. The molecule has 2 aromatic rings. The largest absolute Gasteiger partial charge is 0.493 e. The Kier molecular flexibility index (Phi) is 5.46. The summed E-state index contributed by atoms with van der Waals surface area (Å²) in [6.45, 7) is 0.163. The molecule has 26 heavy (non-hydrogen) atoms. The molecule has 1 unspecified atom stereocenters. The Balaban J connectivity index is 1.72. The summed E-state index contributed by atoms with van der Waals surface area (Å²) in [7, 11) is 4.78. The number of H-pyrrole nitrogens is 1. The lowest BCUT2D eigenvalue weighted by molar-refractivity contribution is 0.0674. The third kappa shape index (κ3) is 3.53. The molecule has 0 saturated heterocycles. The minimum Gasteiger partial charge on any atom is -0.493 e. The quantitative estimate of drug-likeness (QED) is 0.825. The average Bonchev–Trinajstić information content (AvgIpc) is 3.10. The molecule has 140 valence electrons. The van der Waals surface area contributed by atoms with Gasteiger partial charge in [-0.05, 0) is 43.4 Å². The number of nitrogens with zero attached hydrogens (tertiary/aromatic N) is 2. The number of carbonyl (C=O) groups is 1. The maximum absolute atomic E-state index is 12.8. The first-order chi connectivity index (χ1) is 12.5. The highest BCUT2D eigenvalue weighted by Crippen LogP contribution is 2.30. The van der Waals surface area contributed by atoms with Gasteiger partial charge in [-0.25, -0.2) is 0 Å². The molecule has 3 rings (SSSR count). The summed E-state index contributed by atoms with van der Waals surface area (Å²) < 4.78 is 10.5. The number of amides is 1. The summed E-state index contributed by atoms with van der Waals surface area (Å²) in [6, 6.07) is 5.22. The van der Waals surface area contributed by atoms with Crippen molar-refractivity contribution in [1.82, 2.24) is 15.1 Å². The summed E-state index contributed by atoms with van der Waals surface area (Å²) >= 11 is 0. The Hall–Kier alpha value is -2.54. The second-order valence-electron chi connectivity index (χ2n) is 6.55. The van der Waals surface area contributed by atoms with Crippen LogP contribution in [0.2, 0.25) is 0 Å². The maximum Gasteiger partial charge on any atom is 0.274 e. The smallest absolute Gasteiger partial charge is 0.274 e. The van der Waals surface area contributed by atoms with Gasteiger partial charge in [0.1, 0.15) is 0 Å². The van der Waals surface area contributed by atoms with Gasteiger partial charge in [0.05, 0.1) is 26.9 Å². The van der Waals surface area contributed by atoms with Crippen molar-refractivity contribution in [3.05, 3.63) is 40.7 Å². The number of rotatable bonds is 6. The van der Waals surface area contributed by atoms with Crippen LogP contribution in [0.15, 0.2) is 18.2 Å². The number of benzene rings is 1. The number of methoxy groups -OCH3 is 2. The van der Waals surface area contributed by atoms with Crippen molar-refractivity contribution in [2.24, 2.45) is 0 Å². The van der Waals surface area contributed by atoms with Gasteiger partial charge < -0.3 is 19.5 Å². The van der Waals surface area contributed by atoms with Gasteiger partial charge in [-0.1, -0.05) is 6.07 Å². The van der Waals surface area contributed by atoms with E-state index in [1.54, 1.807) is 39.5 Å². The first-order valence-electron chi connectivity index (χ1n) is 8.76. The van der Waals surface area contributed by atoms with Crippen molar-refractivity contribution in [3.63, 3.8) is 0 Å². The standard InChI is InChI=1S/C19H25N3O4/c1-22(19(24)18-13-6-4-5-7-14(13)20-21-18)11-15(23)12-8-9-16(25-2)17(10-12)26-3/h8-10,15,23H,4-7,11H2,1-3H3,(H,20,21). The van der Waals surface area contributed by atoms with Crippen LogP contribution in [0.4, 0.5) is 0 Å². The van der Waals surface area contributed by atoms with Crippen molar-refractivity contribution < 1.29 is 19.4 Å². The van der Waals surface area contributed by atoms with Crippen molar-refractivity contribution in [1.29, 1.82) is 0 Å². The Morgan fingerprint density at radius 2 is 2.00 bits per heavy atom. The fraction of sp³-hybridized carbons (Fsp3) is 0.474. The summed E-state index contributed by atoms with van der Waals surface area (Å²) in [5, 5.41) is 17.7. The Bertz CT molecular complexity index is 787. The normalized spacial score (nSPS) is 14.5. The zero-order valence-electron chi connectivity index (χ0n) is 15.4. The molecule has 0 spiro atoms. The molecule has 0 aliphatic heterocycles. The van der Waals surface area contributed by atoms with E-state index >= 15 is 0 Å². The van der Waals surface area contributed by atoms with Crippen LogP contribution < -0.4 is 9.47 Å². The van der Waals surface area contributed by atoms with E-state index in [1.165, 1.54) is 4.90 Å². The number of aromatic nitrogens is 2. The molecule has 0 radical (unpaired) electrons. The van der Waals surface area contributed by atoms with Crippen LogP contribution >= 0.6 is 0 Å². The molecule has 7 heteroatoms. The lowest BCUT2D eigenvalue weighted by Gasteiger charge is -2.22. The molecule has 1 aliphatic carbocycles. The van der Waals surface area contributed by atoms with Crippen molar-refractivity contribution in [2.75, 3.05) is 27.8 Å². The topological polar surface area (TPSA) is 87.7 Å². The van der Waals surface area contributed by atoms with E-state index < -0.39 is 6.10 Å². The number of fused-ring (bicyclic) bond motifs is 1. The fourth-order valence-electron chi connectivity index (χ4n) is 3.35. The zero-order valence-corrected chi connectivity index (χ0v) is 15.4. The van der Waals surface area contributed by atoms with E-state index in [-0.39, 0.29) is 12.5 Å². The molecule has 1 amide bonds. The number of hydrogen-bond donors (Lipinski definition) is 2. The van der Waals surface area contributed by atoms with Gasteiger partial charge in [-0.2, -0.15) is 5.10 Å². The van der Waals surface area contributed by atoms with E-state index in [0.29, 0.717) is 22.8 Å². The van der Waals surface area contributed by atoms with Gasteiger partial charge >= 0.3 is 0 Å². The number of likely N-dealkylation sites (N-methyl/N-ethyl adjacent to an activating group) is 1. The number of ether oxygens (including phenoxy) is 2. The number of carbonyl (C=O) groups excluding carboxylic acids is 1. The van der Waals surface area contributed by atoms with E-state index in [2.05, 4.69) is 10.2 Å². The SMILES string of the molecule is COc1ccc(C(O)CN(C)C(=O)c2n[nH]c3c2CCCC3)cc1OC. The molecule has 7 nitrogen and oxygen atoms in total. The van der Waals surface area contributed by atoms with Gasteiger partial charge in [0.2, 0.25) is 0 Å². The first-order valence-corrected chi connectivity index (χ1v) is 8.76. The van der Waals surface area contributed by atoms with Crippen LogP contribution in [-0.4, -0.2) is 53.9 Å². The summed E-state index contributed by atoms with van der Waals surface area (Å²) in [4.78, 5) is 14.3. The van der Waals surface area contributed by atoms with Crippen LogP contribution in [0, 0.1) is 0 Å². The van der Waals surface area contributed by atoms with Crippen molar-refractivity contribution in [3.8, 4) is 11.5 Å². The molecule has 1 aromatic carbocycles. The van der Waals surface area contributed by atoms with Gasteiger partial charge in [0, 0.05) is 18.3 Å². The van der Waals surface area contributed by atoms with Gasteiger partial charge in [0.15, 0.2) is 17.2 Å². The molecule has 0 bridgehead atoms. The highest BCUT2D eigenvalue weighted by Gasteiger charge is 2.25. The van der Waals surface area contributed by atoms with Crippen LogP contribution in [0.3, 0.4) is 0 Å². The maximum atomic E-state index is 12.8. The Morgan fingerprint density at radius 1 is 1.27 bits per heavy atom. The lowest BCUT2D eigenvalue weighted by atomic mass is 9.95. The van der Waals surface area contributed by atoms with Crippen LogP contribution in [0.5, 0.6) is 11.5 Å². The number of aryl methyl sites for hydroxylation is 1. The van der Waals surface area contributed by atoms with Gasteiger partial charge in [-0.3, -0.25) is 9.89 Å². The minimum atomic E-state index is -0.835. The second kappa shape index (κ2) is 7.78. The molecule has 1 aliphatic rings. The lowest BCUT2D eigenvalue weighted by Crippen LogP contribution is -2.32. The molecule has 1 aromatic heterocycles. The van der Waals surface area contributed by atoms with Crippen molar-refractivity contribution in [2.45, 2.75) is 31.8 Å². The molecular formula is C19H25N3O4. The average molecular weight is 359 g/mol. The van der Waals surface area contributed by atoms with Crippen molar-refractivity contribution >= 4 is 5.91 Å². The first kappa shape index (κ1) is 18.3. The van der Waals surface area contributed by atoms with E-state index in [1.807, 2.05) is 0 Å². The Labute approximate surface area is 152 Å². The minimum absolute atomic E-state index is 0.163. The van der Waals surface area contributed by atoms with E-state index in [0.717, 1.165) is 36.9 Å². The summed E-state index contributed by atoms with van der Waals surface area (Å²) in [5.74, 6) is 0.958. The molecular weight excluding hydrogens is 334 g/mol. The van der Waals surface area contributed by atoms with Gasteiger partial charge in [0.25, 0.3) is 5.91 Å². The number of nitrogens with one attached hydrogen (secondary N) is 1. The number of hydrogen-bond acceptors (Lipinski definition) is 5. The van der Waals surface area contributed by atoms with Crippen LogP contribution in [0.1, 0.15) is 46.3 Å². The van der Waals surface area contributed by atoms with Crippen LogP contribution in [-0.2, 0) is 12.8 Å². The second-order valence-corrected chi connectivity index (χ2v) is 6.55. The zero-order chi connectivity index (χ0) is 18.7. The Morgan fingerprint density at radius 3 is 2.73 bits per heavy atom. The van der Waals surface area contributed by atoms with Gasteiger partial charge in [-0.15, -0.1) is 0 Å². The predicted molar refractivity (Wildman–Crippen MR) is 96.7 cm³/mol.